The molecular weight excluding hydrogens is 326 g/mol. The van der Waals surface area contributed by atoms with E-state index in [1.165, 1.54) is 18.6 Å². The summed E-state index contributed by atoms with van der Waals surface area (Å²) < 4.78 is 6.20. The number of rotatable bonds is 5. The molecule has 106 valence electrons. The fourth-order valence-corrected chi connectivity index (χ4v) is 4.10. The van der Waals surface area contributed by atoms with Crippen molar-refractivity contribution >= 4 is 27.7 Å². The van der Waals surface area contributed by atoms with Gasteiger partial charge in [0.15, 0.2) is 11.5 Å². The van der Waals surface area contributed by atoms with Crippen LogP contribution in [-0.2, 0) is 6.54 Å². The number of benzene rings is 1. The SMILES string of the molecule is COc1cc(CNCC2(C)CCCS2)cc(Br)c1O. The molecule has 1 atom stereocenters. The van der Waals surface area contributed by atoms with Crippen LogP contribution in [0.3, 0.4) is 0 Å². The predicted molar refractivity (Wildman–Crippen MR) is 84.2 cm³/mol. The zero-order valence-electron chi connectivity index (χ0n) is 11.3. The normalized spacial score (nSPS) is 22.7. The number of aromatic hydroxyl groups is 1. The summed E-state index contributed by atoms with van der Waals surface area (Å²) in [5, 5.41) is 13.3. The Labute approximate surface area is 127 Å². The lowest BCUT2D eigenvalue weighted by atomic mass is 10.1. The van der Waals surface area contributed by atoms with Crippen molar-refractivity contribution in [1.82, 2.24) is 5.32 Å². The highest BCUT2D eigenvalue weighted by Crippen LogP contribution is 2.37. The van der Waals surface area contributed by atoms with Crippen LogP contribution in [0.25, 0.3) is 0 Å². The summed E-state index contributed by atoms with van der Waals surface area (Å²) in [5.74, 6) is 1.94. The Morgan fingerprint density at radius 2 is 2.32 bits per heavy atom. The molecule has 19 heavy (non-hydrogen) atoms. The maximum absolute atomic E-state index is 9.77. The maximum atomic E-state index is 9.77. The van der Waals surface area contributed by atoms with E-state index in [0.717, 1.165) is 18.7 Å². The van der Waals surface area contributed by atoms with Crippen molar-refractivity contribution in [2.24, 2.45) is 0 Å². The summed E-state index contributed by atoms with van der Waals surface area (Å²) in [6.07, 6.45) is 2.61. The first-order valence-corrected chi connectivity index (χ1v) is 8.22. The van der Waals surface area contributed by atoms with Crippen LogP contribution in [-0.4, -0.2) is 29.3 Å². The van der Waals surface area contributed by atoms with Crippen LogP contribution in [0, 0.1) is 0 Å². The van der Waals surface area contributed by atoms with Gasteiger partial charge in [-0.25, -0.2) is 0 Å². The lowest BCUT2D eigenvalue weighted by molar-refractivity contribution is 0.371. The third-order valence-corrected chi connectivity index (χ3v) is 5.58. The second-order valence-corrected chi connectivity index (χ2v) is 7.67. The van der Waals surface area contributed by atoms with Gasteiger partial charge in [-0.2, -0.15) is 11.8 Å². The summed E-state index contributed by atoms with van der Waals surface area (Å²) >= 11 is 5.40. The fourth-order valence-electron chi connectivity index (χ4n) is 2.33. The molecule has 1 fully saturated rings. The van der Waals surface area contributed by atoms with Crippen LogP contribution in [0.4, 0.5) is 0 Å². The summed E-state index contributed by atoms with van der Waals surface area (Å²) in [4.78, 5) is 0. The first-order valence-electron chi connectivity index (χ1n) is 6.44. The molecule has 1 heterocycles. The molecule has 1 aromatic carbocycles. The molecule has 2 N–H and O–H groups in total. The van der Waals surface area contributed by atoms with Gasteiger partial charge in [0.2, 0.25) is 0 Å². The largest absolute Gasteiger partial charge is 0.503 e. The van der Waals surface area contributed by atoms with Crippen LogP contribution < -0.4 is 10.1 Å². The summed E-state index contributed by atoms with van der Waals surface area (Å²) in [6, 6.07) is 3.80. The molecule has 0 aliphatic carbocycles. The summed E-state index contributed by atoms with van der Waals surface area (Å²) in [5.41, 5.74) is 1.10. The number of halogens is 1. The van der Waals surface area contributed by atoms with Crippen molar-refractivity contribution in [1.29, 1.82) is 0 Å². The number of thioether (sulfide) groups is 1. The van der Waals surface area contributed by atoms with Gasteiger partial charge in [0.1, 0.15) is 0 Å². The number of ether oxygens (including phenoxy) is 1. The maximum Gasteiger partial charge on any atom is 0.172 e. The number of hydrogen-bond acceptors (Lipinski definition) is 4. The minimum atomic E-state index is 0.157. The fraction of sp³-hybridized carbons (Fsp3) is 0.571. The van der Waals surface area contributed by atoms with Gasteiger partial charge in [0, 0.05) is 17.8 Å². The first kappa shape index (κ1) is 15.0. The number of nitrogens with one attached hydrogen (secondary N) is 1. The van der Waals surface area contributed by atoms with Gasteiger partial charge < -0.3 is 15.2 Å². The topological polar surface area (TPSA) is 41.5 Å². The Hall–Kier alpha value is -0.390. The van der Waals surface area contributed by atoms with Gasteiger partial charge in [0.05, 0.1) is 11.6 Å². The lowest BCUT2D eigenvalue weighted by Gasteiger charge is -2.23. The van der Waals surface area contributed by atoms with E-state index in [4.69, 9.17) is 4.74 Å². The van der Waals surface area contributed by atoms with Crippen LogP contribution in [0.2, 0.25) is 0 Å². The average molecular weight is 346 g/mol. The number of hydrogen-bond donors (Lipinski definition) is 2. The zero-order chi connectivity index (χ0) is 13.9. The average Bonchev–Trinajstić information content (AvgIpc) is 2.80. The highest BCUT2D eigenvalue weighted by atomic mass is 79.9. The summed E-state index contributed by atoms with van der Waals surface area (Å²) in [6.45, 7) is 4.12. The molecule has 0 saturated carbocycles. The van der Waals surface area contributed by atoms with Crippen molar-refractivity contribution in [2.45, 2.75) is 31.1 Å². The number of methoxy groups -OCH3 is 1. The van der Waals surface area contributed by atoms with E-state index in [9.17, 15) is 5.11 Å². The smallest absolute Gasteiger partial charge is 0.172 e. The number of phenolic OH excluding ortho intramolecular Hbond substituents is 1. The molecular formula is C14H20BrNO2S. The van der Waals surface area contributed by atoms with E-state index in [0.29, 0.717) is 15.0 Å². The Morgan fingerprint density at radius 1 is 1.53 bits per heavy atom. The molecule has 1 aromatic rings. The van der Waals surface area contributed by atoms with Crippen molar-refractivity contribution in [3.8, 4) is 11.5 Å². The van der Waals surface area contributed by atoms with Gasteiger partial charge in [-0.3, -0.25) is 0 Å². The third-order valence-electron chi connectivity index (χ3n) is 3.44. The first-order chi connectivity index (χ1) is 9.04. The van der Waals surface area contributed by atoms with Crippen LogP contribution >= 0.6 is 27.7 Å². The predicted octanol–water partition coefficient (Wildman–Crippen LogP) is 3.54. The molecule has 1 aliphatic heterocycles. The Kier molecular flexibility index (Phi) is 5.03. The molecule has 0 radical (unpaired) electrons. The van der Waals surface area contributed by atoms with Crippen molar-refractivity contribution in [3.63, 3.8) is 0 Å². The molecule has 0 aromatic heterocycles. The second-order valence-electron chi connectivity index (χ2n) is 5.13. The minimum Gasteiger partial charge on any atom is -0.503 e. The Balaban J connectivity index is 1.94. The van der Waals surface area contributed by atoms with Crippen molar-refractivity contribution in [2.75, 3.05) is 19.4 Å². The lowest BCUT2D eigenvalue weighted by Crippen LogP contribution is -2.32. The molecule has 1 unspecified atom stereocenters. The molecule has 5 heteroatoms. The van der Waals surface area contributed by atoms with E-state index in [2.05, 4.69) is 39.9 Å². The Bertz CT molecular complexity index is 447. The van der Waals surface area contributed by atoms with Gasteiger partial charge in [0.25, 0.3) is 0 Å². The van der Waals surface area contributed by atoms with E-state index >= 15 is 0 Å². The van der Waals surface area contributed by atoms with E-state index in [1.807, 2.05) is 12.1 Å². The second kappa shape index (κ2) is 6.37. The van der Waals surface area contributed by atoms with E-state index < -0.39 is 0 Å². The third kappa shape index (κ3) is 3.80. The quantitative estimate of drug-likeness (QED) is 0.856. The molecule has 0 amide bonds. The van der Waals surface area contributed by atoms with Crippen LogP contribution in [0.5, 0.6) is 11.5 Å². The standard InChI is InChI=1S/C14H20BrNO2S/c1-14(4-3-5-19-14)9-16-8-10-6-11(15)13(17)12(7-10)18-2/h6-7,16-17H,3-5,8-9H2,1-2H3. The molecule has 2 rings (SSSR count). The highest BCUT2D eigenvalue weighted by Gasteiger charge is 2.28. The van der Waals surface area contributed by atoms with E-state index in [-0.39, 0.29) is 5.75 Å². The summed E-state index contributed by atoms with van der Waals surface area (Å²) in [7, 11) is 1.56. The van der Waals surface area contributed by atoms with Gasteiger partial charge in [-0.1, -0.05) is 0 Å². The van der Waals surface area contributed by atoms with Gasteiger partial charge in [-0.05, 0) is 59.1 Å². The van der Waals surface area contributed by atoms with Crippen molar-refractivity contribution < 1.29 is 9.84 Å². The molecule has 1 saturated heterocycles. The van der Waals surface area contributed by atoms with Crippen LogP contribution in [0.1, 0.15) is 25.3 Å². The molecule has 0 spiro atoms. The zero-order valence-corrected chi connectivity index (χ0v) is 13.7. The molecule has 3 nitrogen and oxygen atoms in total. The molecule has 1 aliphatic rings. The van der Waals surface area contributed by atoms with E-state index in [1.54, 1.807) is 7.11 Å². The Morgan fingerprint density at radius 3 is 2.95 bits per heavy atom. The molecule has 0 bridgehead atoms. The number of phenols is 1. The van der Waals surface area contributed by atoms with Gasteiger partial charge in [-0.15, -0.1) is 0 Å². The minimum absolute atomic E-state index is 0.157. The van der Waals surface area contributed by atoms with Crippen molar-refractivity contribution in [3.05, 3.63) is 22.2 Å². The monoisotopic (exact) mass is 345 g/mol. The highest BCUT2D eigenvalue weighted by molar-refractivity contribution is 9.10. The van der Waals surface area contributed by atoms with Crippen LogP contribution in [0.15, 0.2) is 16.6 Å². The van der Waals surface area contributed by atoms with Gasteiger partial charge >= 0.3 is 0 Å².